The van der Waals surface area contributed by atoms with Crippen LogP contribution in [0, 0.1) is 0 Å². The number of aromatic amines is 1. The first-order valence-corrected chi connectivity index (χ1v) is 8.17. The summed E-state index contributed by atoms with van der Waals surface area (Å²) in [5.41, 5.74) is 2.73. The fourth-order valence-electron chi connectivity index (χ4n) is 2.78. The van der Waals surface area contributed by atoms with Gasteiger partial charge in [-0.3, -0.25) is 9.89 Å². The van der Waals surface area contributed by atoms with Crippen LogP contribution in [-0.2, 0) is 6.54 Å². The molecule has 0 bridgehead atoms. The van der Waals surface area contributed by atoms with E-state index >= 15 is 0 Å². The van der Waals surface area contributed by atoms with Gasteiger partial charge in [-0.25, -0.2) is 0 Å². The molecule has 3 rings (SSSR count). The normalized spacial score (nSPS) is 11.1. The van der Waals surface area contributed by atoms with E-state index in [0.717, 1.165) is 30.4 Å². The van der Waals surface area contributed by atoms with Crippen LogP contribution in [0.5, 0.6) is 0 Å². The molecule has 5 nitrogen and oxygen atoms in total. The van der Waals surface area contributed by atoms with E-state index in [1.165, 1.54) is 5.56 Å². The first kappa shape index (κ1) is 16.2. The second kappa shape index (κ2) is 7.75. The van der Waals surface area contributed by atoms with Crippen molar-refractivity contribution >= 4 is 16.8 Å². The molecule has 0 saturated heterocycles. The smallest absolute Gasteiger partial charge is 0.253 e. The molecule has 0 spiro atoms. The molecular weight excluding hydrogens is 300 g/mol. The molecule has 0 aliphatic heterocycles. The largest absolute Gasteiger partial charge is 0.352 e. The number of fused-ring (bicyclic) bond motifs is 1. The summed E-state index contributed by atoms with van der Waals surface area (Å²) in [6.07, 6.45) is 2.64. The maximum Gasteiger partial charge on any atom is 0.253 e. The van der Waals surface area contributed by atoms with Crippen LogP contribution in [0.4, 0.5) is 0 Å². The van der Waals surface area contributed by atoms with Gasteiger partial charge in [0, 0.05) is 18.5 Å². The SMILES string of the molecule is CN(CCCNC(=O)c1cccc2cn[nH]c12)Cc1ccccc1. The van der Waals surface area contributed by atoms with Gasteiger partial charge in [-0.05, 0) is 31.6 Å². The number of para-hydroxylation sites is 1. The number of nitrogens with zero attached hydrogens (tertiary/aromatic N) is 2. The van der Waals surface area contributed by atoms with Crippen LogP contribution in [0.1, 0.15) is 22.3 Å². The van der Waals surface area contributed by atoms with Crippen molar-refractivity contribution in [3.8, 4) is 0 Å². The number of hydrogen-bond donors (Lipinski definition) is 2. The molecule has 24 heavy (non-hydrogen) atoms. The lowest BCUT2D eigenvalue weighted by Gasteiger charge is -2.16. The molecule has 0 unspecified atom stereocenters. The van der Waals surface area contributed by atoms with Crippen LogP contribution < -0.4 is 5.32 Å². The maximum atomic E-state index is 12.3. The zero-order chi connectivity index (χ0) is 16.8. The molecule has 2 aromatic carbocycles. The fourth-order valence-corrected chi connectivity index (χ4v) is 2.78. The fraction of sp³-hybridized carbons (Fsp3) is 0.263. The molecule has 0 aliphatic rings. The number of nitrogens with one attached hydrogen (secondary N) is 2. The van der Waals surface area contributed by atoms with Gasteiger partial charge in [-0.1, -0.05) is 42.5 Å². The van der Waals surface area contributed by atoms with Crippen LogP contribution in [0.15, 0.2) is 54.7 Å². The van der Waals surface area contributed by atoms with Crippen molar-refractivity contribution < 1.29 is 4.79 Å². The number of aromatic nitrogens is 2. The van der Waals surface area contributed by atoms with Crippen LogP contribution in [0.25, 0.3) is 10.9 Å². The van der Waals surface area contributed by atoms with Crippen molar-refractivity contribution in [2.24, 2.45) is 0 Å². The van der Waals surface area contributed by atoms with Crippen LogP contribution in [0.3, 0.4) is 0 Å². The lowest BCUT2D eigenvalue weighted by atomic mass is 10.1. The zero-order valence-electron chi connectivity index (χ0n) is 13.8. The predicted molar refractivity (Wildman–Crippen MR) is 95.8 cm³/mol. The number of carbonyl (C=O) groups is 1. The Morgan fingerprint density at radius 1 is 1.17 bits per heavy atom. The number of benzene rings is 2. The van der Waals surface area contributed by atoms with E-state index < -0.39 is 0 Å². The summed E-state index contributed by atoms with van der Waals surface area (Å²) in [7, 11) is 2.10. The molecule has 5 heteroatoms. The van der Waals surface area contributed by atoms with E-state index in [4.69, 9.17) is 0 Å². The monoisotopic (exact) mass is 322 g/mol. The lowest BCUT2D eigenvalue weighted by molar-refractivity contribution is 0.0953. The Morgan fingerprint density at radius 2 is 2.00 bits per heavy atom. The molecule has 124 valence electrons. The van der Waals surface area contributed by atoms with E-state index in [2.05, 4.69) is 51.7 Å². The van der Waals surface area contributed by atoms with Gasteiger partial charge < -0.3 is 10.2 Å². The third-order valence-corrected chi connectivity index (χ3v) is 4.02. The van der Waals surface area contributed by atoms with Gasteiger partial charge in [0.15, 0.2) is 0 Å². The van der Waals surface area contributed by atoms with Crippen molar-refractivity contribution in [3.63, 3.8) is 0 Å². The van der Waals surface area contributed by atoms with Gasteiger partial charge in [0.05, 0.1) is 17.3 Å². The minimum Gasteiger partial charge on any atom is -0.352 e. The summed E-state index contributed by atoms with van der Waals surface area (Å²) in [6.45, 7) is 2.51. The third-order valence-electron chi connectivity index (χ3n) is 4.02. The summed E-state index contributed by atoms with van der Waals surface area (Å²) in [4.78, 5) is 14.6. The van der Waals surface area contributed by atoms with Crippen molar-refractivity contribution in [3.05, 3.63) is 65.9 Å². The highest BCUT2D eigenvalue weighted by Gasteiger charge is 2.10. The Morgan fingerprint density at radius 3 is 2.83 bits per heavy atom. The molecular formula is C19H22N4O. The topological polar surface area (TPSA) is 61.0 Å². The summed E-state index contributed by atoms with van der Waals surface area (Å²) in [5, 5.41) is 10.8. The lowest BCUT2D eigenvalue weighted by Crippen LogP contribution is -2.28. The van der Waals surface area contributed by atoms with Crippen LogP contribution >= 0.6 is 0 Å². The van der Waals surface area contributed by atoms with E-state index in [9.17, 15) is 4.79 Å². The summed E-state index contributed by atoms with van der Waals surface area (Å²) in [6, 6.07) is 16.0. The molecule has 0 aliphatic carbocycles. The average Bonchev–Trinajstić information content (AvgIpc) is 3.08. The third kappa shape index (κ3) is 4.00. The average molecular weight is 322 g/mol. The Bertz CT molecular complexity index is 797. The minimum atomic E-state index is -0.0597. The Hall–Kier alpha value is -2.66. The van der Waals surface area contributed by atoms with E-state index in [-0.39, 0.29) is 5.91 Å². The number of amides is 1. The molecule has 1 amide bonds. The van der Waals surface area contributed by atoms with Crippen LogP contribution in [0.2, 0.25) is 0 Å². The molecule has 0 fully saturated rings. The number of hydrogen-bond acceptors (Lipinski definition) is 3. The predicted octanol–water partition coefficient (Wildman–Crippen LogP) is 2.81. The van der Waals surface area contributed by atoms with Crippen molar-refractivity contribution in [1.82, 2.24) is 20.4 Å². The van der Waals surface area contributed by atoms with Gasteiger partial charge in [0.25, 0.3) is 5.91 Å². The zero-order valence-corrected chi connectivity index (χ0v) is 13.8. The van der Waals surface area contributed by atoms with Gasteiger partial charge in [-0.2, -0.15) is 5.10 Å². The van der Waals surface area contributed by atoms with Gasteiger partial charge in [0.2, 0.25) is 0 Å². The Balaban J connectivity index is 1.45. The highest BCUT2D eigenvalue weighted by molar-refractivity contribution is 6.05. The molecule has 0 saturated carbocycles. The van der Waals surface area contributed by atoms with E-state index in [0.29, 0.717) is 12.1 Å². The summed E-state index contributed by atoms with van der Waals surface area (Å²) in [5.74, 6) is -0.0597. The minimum absolute atomic E-state index is 0.0597. The standard InChI is InChI=1S/C19H22N4O/c1-23(14-15-7-3-2-4-8-15)12-6-11-20-19(24)17-10-5-9-16-13-21-22-18(16)17/h2-5,7-10,13H,6,11-12,14H2,1H3,(H,20,24)(H,21,22). The van der Waals surface area contributed by atoms with Crippen molar-refractivity contribution in [2.75, 3.05) is 20.1 Å². The second-order valence-corrected chi connectivity index (χ2v) is 5.97. The number of rotatable bonds is 7. The van der Waals surface area contributed by atoms with Crippen LogP contribution in [-0.4, -0.2) is 41.1 Å². The molecule has 1 heterocycles. The number of carbonyl (C=O) groups excluding carboxylic acids is 1. The Labute approximate surface area is 141 Å². The van der Waals surface area contributed by atoms with E-state index in [1.807, 2.05) is 24.3 Å². The quantitative estimate of drug-likeness (QED) is 0.658. The molecule has 1 aromatic heterocycles. The Kier molecular flexibility index (Phi) is 5.23. The summed E-state index contributed by atoms with van der Waals surface area (Å²) >= 11 is 0. The first-order chi connectivity index (χ1) is 11.7. The number of H-pyrrole nitrogens is 1. The van der Waals surface area contributed by atoms with Crippen molar-refractivity contribution in [1.29, 1.82) is 0 Å². The highest BCUT2D eigenvalue weighted by atomic mass is 16.1. The maximum absolute atomic E-state index is 12.3. The molecule has 0 radical (unpaired) electrons. The van der Waals surface area contributed by atoms with Gasteiger partial charge in [-0.15, -0.1) is 0 Å². The molecule has 2 N–H and O–H groups in total. The van der Waals surface area contributed by atoms with Gasteiger partial charge in [0.1, 0.15) is 0 Å². The first-order valence-electron chi connectivity index (χ1n) is 8.17. The summed E-state index contributed by atoms with van der Waals surface area (Å²) < 4.78 is 0. The van der Waals surface area contributed by atoms with E-state index in [1.54, 1.807) is 6.20 Å². The highest BCUT2D eigenvalue weighted by Crippen LogP contribution is 2.15. The second-order valence-electron chi connectivity index (χ2n) is 5.97. The molecule has 0 atom stereocenters. The van der Waals surface area contributed by atoms with Crippen molar-refractivity contribution in [2.45, 2.75) is 13.0 Å². The van der Waals surface area contributed by atoms with Gasteiger partial charge >= 0.3 is 0 Å². The molecule has 3 aromatic rings.